The molecule has 0 aliphatic heterocycles. The van der Waals surface area contributed by atoms with E-state index >= 15 is 0 Å². The van der Waals surface area contributed by atoms with E-state index in [1.54, 1.807) is 6.92 Å². The standard InChI is InChI=1S/C16H17NO4S2/c1-3-21-16(18)14(17(19)20)15(13-5-4-10-22-13)23-12-8-6-11(2)7-9-12/h4-10,14-15H,3H2,1-2H3. The monoisotopic (exact) mass is 351 g/mol. The lowest BCUT2D eigenvalue weighted by Crippen LogP contribution is -2.35. The van der Waals surface area contributed by atoms with Crippen LogP contribution in [0, 0.1) is 17.0 Å². The molecule has 23 heavy (non-hydrogen) atoms. The summed E-state index contributed by atoms with van der Waals surface area (Å²) < 4.78 is 4.91. The van der Waals surface area contributed by atoms with Crippen molar-refractivity contribution in [2.24, 2.45) is 0 Å². The molecule has 2 unspecified atom stereocenters. The highest BCUT2D eigenvalue weighted by molar-refractivity contribution is 7.99. The third-order valence-corrected chi connectivity index (χ3v) is 5.56. The number of ether oxygens (including phenoxy) is 1. The third-order valence-electron chi connectivity index (χ3n) is 3.15. The Morgan fingerprint density at radius 2 is 2.04 bits per heavy atom. The number of nitrogens with zero attached hydrogens (tertiary/aromatic N) is 1. The quantitative estimate of drug-likeness (QED) is 0.325. The second kappa shape index (κ2) is 8.12. The van der Waals surface area contributed by atoms with Crippen LogP contribution in [0.1, 0.15) is 22.6 Å². The molecule has 1 aromatic heterocycles. The fraction of sp³-hybridized carbons (Fsp3) is 0.312. The Hall–Kier alpha value is -1.86. The van der Waals surface area contributed by atoms with Crippen molar-refractivity contribution in [2.45, 2.75) is 30.0 Å². The van der Waals surface area contributed by atoms with Crippen molar-refractivity contribution < 1.29 is 14.5 Å². The zero-order valence-corrected chi connectivity index (χ0v) is 14.4. The topological polar surface area (TPSA) is 69.4 Å². The Kier molecular flexibility index (Phi) is 6.18. The number of hydrogen-bond acceptors (Lipinski definition) is 6. The first-order valence-electron chi connectivity index (χ1n) is 7.09. The molecule has 1 heterocycles. The van der Waals surface area contributed by atoms with Crippen molar-refractivity contribution >= 4 is 29.1 Å². The molecule has 0 saturated carbocycles. The Bertz CT molecular complexity index is 655. The smallest absolute Gasteiger partial charge is 0.383 e. The number of aryl methyl sites for hydroxylation is 1. The van der Waals surface area contributed by atoms with Gasteiger partial charge < -0.3 is 4.74 Å². The first-order chi connectivity index (χ1) is 11.0. The largest absolute Gasteiger partial charge is 0.461 e. The van der Waals surface area contributed by atoms with Gasteiger partial charge in [0.15, 0.2) is 0 Å². The maximum absolute atomic E-state index is 12.1. The average molecular weight is 351 g/mol. The summed E-state index contributed by atoms with van der Waals surface area (Å²) in [5.41, 5.74) is 1.11. The van der Waals surface area contributed by atoms with Crippen molar-refractivity contribution in [3.05, 3.63) is 62.3 Å². The molecule has 0 radical (unpaired) electrons. The number of esters is 1. The number of hydrogen-bond donors (Lipinski definition) is 0. The summed E-state index contributed by atoms with van der Waals surface area (Å²) in [6.45, 7) is 3.74. The predicted octanol–water partition coefficient (Wildman–Crippen LogP) is 4.10. The number of rotatable bonds is 7. The average Bonchev–Trinajstić information content (AvgIpc) is 3.02. The van der Waals surface area contributed by atoms with Gasteiger partial charge in [0.2, 0.25) is 0 Å². The molecular weight excluding hydrogens is 334 g/mol. The highest BCUT2D eigenvalue weighted by Gasteiger charge is 2.42. The normalized spacial score (nSPS) is 13.3. The summed E-state index contributed by atoms with van der Waals surface area (Å²) in [7, 11) is 0. The molecule has 2 rings (SSSR count). The van der Waals surface area contributed by atoms with Crippen molar-refractivity contribution in [1.29, 1.82) is 0 Å². The number of thioether (sulfide) groups is 1. The lowest BCUT2D eigenvalue weighted by Gasteiger charge is -2.18. The van der Waals surface area contributed by atoms with E-state index in [9.17, 15) is 14.9 Å². The van der Waals surface area contributed by atoms with Crippen LogP contribution in [0.5, 0.6) is 0 Å². The van der Waals surface area contributed by atoms with Gasteiger partial charge in [-0.2, -0.15) is 0 Å². The van der Waals surface area contributed by atoms with E-state index in [-0.39, 0.29) is 6.61 Å². The van der Waals surface area contributed by atoms with E-state index in [1.165, 1.54) is 23.1 Å². The highest BCUT2D eigenvalue weighted by atomic mass is 32.2. The van der Waals surface area contributed by atoms with Gasteiger partial charge in [-0.15, -0.1) is 23.1 Å². The number of thiophene rings is 1. The minimum absolute atomic E-state index is 0.121. The highest BCUT2D eigenvalue weighted by Crippen LogP contribution is 2.41. The first-order valence-corrected chi connectivity index (χ1v) is 8.85. The molecule has 0 saturated heterocycles. The lowest BCUT2D eigenvalue weighted by molar-refractivity contribution is -0.510. The zero-order valence-electron chi connectivity index (χ0n) is 12.8. The van der Waals surface area contributed by atoms with Crippen LogP contribution >= 0.6 is 23.1 Å². The molecule has 7 heteroatoms. The van der Waals surface area contributed by atoms with Gasteiger partial charge in [0.05, 0.1) is 6.61 Å². The summed E-state index contributed by atoms with van der Waals surface area (Å²) in [5, 5.41) is 12.7. The number of benzene rings is 1. The van der Waals surface area contributed by atoms with Crippen LogP contribution in [-0.2, 0) is 9.53 Å². The number of carbonyl (C=O) groups excluding carboxylic acids is 1. The molecule has 2 aromatic rings. The second-order valence-corrected chi connectivity index (χ2v) is 7.04. The van der Waals surface area contributed by atoms with Crippen LogP contribution in [0.4, 0.5) is 0 Å². The van der Waals surface area contributed by atoms with Crippen LogP contribution in [0.15, 0.2) is 46.7 Å². The second-order valence-electron chi connectivity index (χ2n) is 4.85. The fourth-order valence-corrected chi connectivity index (χ4v) is 4.21. The van der Waals surface area contributed by atoms with E-state index in [1.807, 2.05) is 48.7 Å². The molecule has 0 fully saturated rings. The maximum Gasteiger partial charge on any atom is 0.383 e. The van der Waals surface area contributed by atoms with Crippen molar-refractivity contribution in [3.63, 3.8) is 0 Å². The third kappa shape index (κ3) is 4.56. The predicted molar refractivity (Wildman–Crippen MR) is 91.5 cm³/mol. The minimum atomic E-state index is -1.43. The molecule has 0 amide bonds. The first kappa shape index (κ1) is 17.5. The molecule has 5 nitrogen and oxygen atoms in total. The molecule has 0 aliphatic carbocycles. The van der Waals surface area contributed by atoms with E-state index in [0.29, 0.717) is 0 Å². The SMILES string of the molecule is CCOC(=O)C(C(Sc1ccc(C)cc1)c1cccs1)[N+](=O)[O-]. The number of carbonyl (C=O) groups is 1. The Morgan fingerprint density at radius 1 is 1.35 bits per heavy atom. The molecule has 0 aliphatic rings. The van der Waals surface area contributed by atoms with Crippen LogP contribution in [0.25, 0.3) is 0 Å². The van der Waals surface area contributed by atoms with Crippen molar-refractivity contribution in [3.8, 4) is 0 Å². The summed E-state index contributed by atoms with van der Waals surface area (Å²) in [5.74, 6) is -0.796. The minimum Gasteiger partial charge on any atom is -0.461 e. The summed E-state index contributed by atoms with van der Waals surface area (Å²) in [4.78, 5) is 24.7. The van der Waals surface area contributed by atoms with Crippen LogP contribution < -0.4 is 0 Å². The molecule has 2 atom stereocenters. The molecule has 0 N–H and O–H groups in total. The number of nitro groups is 1. The molecule has 122 valence electrons. The Balaban J connectivity index is 2.34. The molecule has 1 aromatic carbocycles. The van der Waals surface area contributed by atoms with Crippen molar-refractivity contribution in [2.75, 3.05) is 6.61 Å². The molecule has 0 bridgehead atoms. The summed E-state index contributed by atoms with van der Waals surface area (Å²) in [6.07, 6.45) is 0. The zero-order chi connectivity index (χ0) is 16.8. The van der Waals surface area contributed by atoms with Gasteiger partial charge in [0, 0.05) is 14.7 Å². The maximum atomic E-state index is 12.1. The van der Waals surface area contributed by atoms with E-state index < -0.39 is 22.2 Å². The molecule has 0 spiro atoms. The van der Waals surface area contributed by atoms with E-state index in [4.69, 9.17) is 4.74 Å². The molecular formula is C16H17NO4S2. The Morgan fingerprint density at radius 3 is 2.57 bits per heavy atom. The van der Waals surface area contributed by atoms with Gasteiger partial charge in [-0.25, -0.2) is 4.79 Å². The van der Waals surface area contributed by atoms with Crippen LogP contribution in [0.2, 0.25) is 0 Å². The fourth-order valence-electron chi connectivity index (χ4n) is 2.04. The van der Waals surface area contributed by atoms with Gasteiger partial charge >= 0.3 is 12.0 Å². The summed E-state index contributed by atoms with van der Waals surface area (Å²) >= 11 is 2.72. The van der Waals surface area contributed by atoms with E-state index in [2.05, 4.69) is 0 Å². The van der Waals surface area contributed by atoms with Crippen molar-refractivity contribution in [1.82, 2.24) is 0 Å². The van der Waals surface area contributed by atoms with Gasteiger partial charge in [-0.3, -0.25) is 10.1 Å². The van der Waals surface area contributed by atoms with Gasteiger partial charge in [0.25, 0.3) is 0 Å². The van der Waals surface area contributed by atoms with Gasteiger partial charge in [-0.05, 0) is 37.4 Å². The Labute approximate surface area is 142 Å². The van der Waals surface area contributed by atoms with Crippen LogP contribution in [-0.4, -0.2) is 23.5 Å². The van der Waals surface area contributed by atoms with E-state index in [0.717, 1.165) is 15.3 Å². The summed E-state index contributed by atoms with van der Waals surface area (Å²) in [6, 6.07) is 9.90. The lowest BCUT2D eigenvalue weighted by atomic mass is 10.2. The van der Waals surface area contributed by atoms with Crippen LogP contribution in [0.3, 0.4) is 0 Å². The van der Waals surface area contributed by atoms with Gasteiger partial charge in [0.1, 0.15) is 5.25 Å². The van der Waals surface area contributed by atoms with Gasteiger partial charge in [-0.1, -0.05) is 23.8 Å².